The van der Waals surface area contributed by atoms with Crippen molar-refractivity contribution in [3.63, 3.8) is 0 Å². The fourth-order valence-electron chi connectivity index (χ4n) is 1.51. The van der Waals surface area contributed by atoms with E-state index in [1.165, 1.54) is 18.2 Å². The molecule has 1 aromatic carbocycles. The van der Waals surface area contributed by atoms with Gasteiger partial charge in [-0.05, 0) is 24.3 Å². The van der Waals surface area contributed by atoms with Crippen LogP contribution in [0.3, 0.4) is 0 Å². The minimum absolute atomic E-state index is 0.161. The maximum atomic E-state index is 13.5. The Labute approximate surface area is 116 Å². The van der Waals surface area contributed by atoms with Crippen LogP contribution in [0.4, 0.5) is 17.6 Å². The Bertz CT molecular complexity index is 685. The molecule has 0 atom stereocenters. The Kier molecular flexibility index (Phi) is 3.79. The Morgan fingerprint density at radius 2 is 1.81 bits per heavy atom. The molecule has 0 spiro atoms. The van der Waals surface area contributed by atoms with Gasteiger partial charge in [-0.1, -0.05) is 12.1 Å². The number of nitrogens with zero attached hydrogens (tertiary/aromatic N) is 1. The highest BCUT2D eigenvalue weighted by molar-refractivity contribution is 5.97. The Morgan fingerprint density at radius 1 is 1.14 bits per heavy atom. The summed E-state index contributed by atoms with van der Waals surface area (Å²) in [5.41, 5.74) is 3.87. The van der Waals surface area contributed by atoms with Crippen molar-refractivity contribution >= 4 is 5.84 Å². The number of hydrogen-bond acceptors (Lipinski definition) is 3. The van der Waals surface area contributed by atoms with Crippen molar-refractivity contribution in [3.8, 4) is 11.6 Å². The number of nitrogens with one attached hydrogen (secondary N) is 1. The van der Waals surface area contributed by atoms with Crippen LogP contribution in [-0.4, -0.2) is 10.8 Å². The van der Waals surface area contributed by atoms with Gasteiger partial charge in [-0.25, -0.2) is 9.37 Å². The number of benzene rings is 1. The molecule has 0 unspecified atom stereocenters. The molecule has 0 saturated heterocycles. The smallest absolute Gasteiger partial charge is 0.433 e. The number of nitrogen functional groups attached to an aromatic ring is 1. The van der Waals surface area contributed by atoms with E-state index in [-0.39, 0.29) is 11.3 Å². The average Bonchev–Trinajstić information content (AvgIpc) is 2.40. The van der Waals surface area contributed by atoms with E-state index in [0.29, 0.717) is 6.07 Å². The van der Waals surface area contributed by atoms with Crippen LogP contribution in [0.1, 0.15) is 11.3 Å². The molecule has 1 aromatic heterocycles. The number of aromatic nitrogens is 1. The van der Waals surface area contributed by atoms with Gasteiger partial charge in [-0.2, -0.15) is 13.2 Å². The topological polar surface area (TPSA) is 72.0 Å². The number of pyridine rings is 1. The number of hydrogen-bond donors (Lipinski definition) is 2. The summed E-state index contributed by atoms with van der Waals surface area (Å²) in [4.78, 5) is 3.27. The lowest BCUT2D eigenvalue weighted by Crippen LogP contribution is -2.16. The Balaban J connectivity index is 2.49. The zero-order valence-electron chi connectivity index (χ0n) is 10.4. The molecule has 3 N–H and O–H groups in total. The molecule has 0 bridgehead atoms. The van der Waals surface area contributed by atoms with Gasteiger partial charge in [0.05, 0.1) is 5.56 Å². The summed E-state index contributed by atoms with van der Waals surface area (Å²) in [6.45, 7) is 0. The summed E-state index contributed by atoms with van der Waals surface area (Å²) in [7, 11) is 0. The number of para-hydroxylation sites is 1. The zero-order valence-corrected chi connectivity index (χ0v) is 10.4. The third kappa shape index (κ3) is 3.28. The van der Waals surface area contributed by atoms with Gasteiger partial charge in [0.15, 0.2) is 11.6 Å². The fraction of sp³-hybridized carbons (Fsp3) is 0.0769. The highest BCUT2D eigenvalue weighted by Gasteiger charge is 2.33. The SMILES string of the molecule is N=C(N)c1ccc(C(F)(F)F)nc1Oc1ccccc1F. The molecule has 0 aliphatic rings. The van der Waals surface area contributed by atoms with Crippen molar-refractivity contribution in [1.82, 2.24) is 4.98 Å². The maximum absolute atomic E-state index is 13.5. The van der Waals surface area contributed by atoms with E-state index in [2.05, 4.69) is 4.98 Å². The van der Waals surface area contributed by atoms with Crippen LogP contribution >= 0.6 is 0 Å². The molecule has 110 valence electrons. The van der Waals surface area contributed by atoms with Crippen LogP contribution in [-0.2, 0) is 6.18 Å². The van der Waals surface area contributed by atoms with E-state index < -0.39 is 29.4 Å². The van der Waals surface area contributed by atoms with Crippen LogP contribution in [0.5, 0.6) is 11.6 Å². The predicted molar refractivity (Wildman–Crippen MR) is 66.7 cm³/mol. The van der Waals surface area contributed by atoms with Crippen LogP contribution in [0, 0.1) is 11.2 Å². The summed E-state index contributed by atoms with van der Waals surface area (Å²) in [5, 5.41) is 7.30. The molecular weight excluding hydrogens is 290 g/mol. The molecule has 0 aliphatic carbocycles. The lowest BCUT2D eigenvalue weighted by molar-refractivity contribution is -0.141. The Morgan fingerprint density at radius 3 is 2.38 bits per heavy atom. The van der Waals surface area contributed by atoms with Crippen LogP contribution in [0.25, 0.3) is 0 Å². The first kappa shape index (κ1) is 14.8. The van der Waals surface area contributed by atoms with E-state index in [9.17, 15) is 17.6 Å². The second-order valence-electron chi connectivity index (χ2n) is 3.99. The van der Waals surface area contributed by atoms with Gasteiger partial charge in [-0.3, -0.25) is 5.41 Å². The molecule has 21 heavy (non-hydrogen) atoms. The molecule has 2 rings (SSSR count). The van der Waals surface area contributed by atoms with Gasteiger partial charge in [0.25, 0.3) is 0 Å². The number of amidine groups is 1. The second-order valence-corrected chi connectivity index (χ2v) is 3.99. The van der Waals surface area contributed by atoms with Crippen LogP contribution in [0.2, 0.25) is 0 Å². The van der Waals surface area contributed by atoms with Gasteiger partial charge >= 0.3 is 6.18 Å². The first-order valence-electron chi connectivity index (χ1n) is 5.64. The van der Waals surface area contributed by atoms with Crippen molar-refractivity contribution < 1.29 is 22.3 Å². The lowest BCUT2D eigenvalue weighted by atomic mass is 10.2. The van der Waals surface area contributed by atoms with E-state index in [1.807, 2.05) is 0 Å². The maximum Gasteiger partial charge on any atom is 0.433 e. The standard InChI is InChI=1S/C13H9F4N3O/c14-8-3-1-2-4-9(8)21-12-7(11(18)19)5-6-10(20-12)13(15,16)17/h1-6H,(H3,18,19). The molecular formula is C13H9F4N3O. The molecule has 0 radical (unpaired) electrons. The summed E-state index contributed by atoms with van der Waals surface area (Å²) in [5.74, 6) is -2.21. The Hall–Kier alpha value is -2.64. The van der Waals surface area contributed by atoms with Gasteiger partial charge in [0, 0.05) is 0 Å². The van der Waals surface area contributed by atoms with Crippen LogP contribution < -0.4 is 10.5 Å². The predicted octanol–water partition coefficient (Wildman–Crippen LogP) is 3.32. The number of ether oxygens (including phenoxy) is 1. The van der Waals surface area contributed by atoms with Crippen molar-refractivity contribution in [2.45, 2.75) is 6.18 Å². The molecule has 0 fully saturated rings. The fourth-order valence-corrected chi connectivity index (χ4v) is 1.51. The van der Waals surface area contributed by atoms with Gasteiger partial charge in [-0.15, -0.1) is 0 Å². The van der Waals surface area contributed by atoms with E-state index >= 15 is 0 Å². The minimum atomic E-state index is -4.69. The van der Waals surface area contributed by atoms with Gasteiger partial charge in [0.2, 0.25) is 5.88 Å². The summed E-state index contributed by atoms with van der Waals surface area (Å²) in [6, 6.07) is 6.77. The summed E-state index contributed by atoms with van der Waals surface area (Å²) in [6.07, 6.45) is -4.69. The van der Waals surface area contributed by atoms with E-state index in [4.69, 9.17) is 15.9 Å². The highest BCUT2D eigenvalue weighted by Crippen LogP contribution is 2.32. The molecule has 8 heteroatoms. The summed E-state index contributed by atoms with van der Waals surface area (Å²) < 4.78 is 56.4. The van der Waals surface area contributed by atoms with Crippen molar-refractivity contribution in [1.29, 1.82) is 5.41 Å². The largest absolute Gasteiger partial charge is 0.435 e. The first-order valence-corrected chi connectivity index (χ1v) is 5.64. The summed E-state index contributed by atoms with van der Waals surface area (Å²) >= 11 is 0. The van der Waals surface area contributed by atoms with Gasteiger partial charge in [0.1, 0.15) is 11.5 Å². The minimum Gasteiger partial charge on any atom is -0.435 e. The molecule has 0 aliphatic heterocycles. The zero-order chi connectivity index (χ0) is 15.6. The quantitative estimate of drug-likeness (QED) is 0.519. The lowest BCUT2D eigenvalue weighted by Gasteiger charge is -2.12. The number of halogens is 4. The van der Waals surface area contributed by atoms with Gasteiger partial charge < -0.3 is 10.5 Å². The van der Waals surface area contributed by atoms with E-state index in [0.717, 1.165) is 12.1 Å². The van der Waals surface area contributed by atoms with Crippen molar-refractivity contribution in [2.75, 3.05) is 0 Å². The molecule has 1 heterocycles. The van der Waals surface area contributed by atoms with E-state index in [1.54, 1.807) is 0 Å². The number of nitrogens with two attached hydrogens (primary N) is 1. The number of rotatable bonds is 3. The monoisotopic (exact) mass is 299 g/mol. The molecule has 2 aromatic rings. The number of alkyl halides is 3. The van der Waals surface area contributed by atoms with Crippen molar-refractivity contribution in [3.05, 3.63) is 53.5 Å². The molecule has 0 saturated carbocycles. The highest BCUT2D eigenvalue weighted by atomic mass is 19.4. The normalized spacial score (nSPS) is 11.2. The molecule has 4 nitrogen and oxygen atoms in total. The third-order valence-corrected chi connectivity index (χ3v) is 2.48. The average molecular weight is 299 g/mol. The third-order valence-electron chi connectivity index (χ3n) is 2.48. The molecule has 0 amide bonds. The second kappa shape index (κ2) is 5.39. The van der Waals surface area contributed by atoms with Crippen LogP contribution in [0.15, 0.2) is 36.4 Å². The first-order chi connectivity index (χ1) is 9.79. The van der Waals surface area contributed by atoms with Crippen molar-refractivity contribution in [2.24, 2.45) is 5.73 Å².